The Labute approximate surface area is 192 Å². The van der Waals surface area contributed by atoms with Crippen LogP contribution < -0.4 is 4.90 Å². The Morgan fingerprint density at radius 1 is 0.970 bits per heavy atom. The number of aryl methyl sites for hydroxylation is 2. The van der Waals surface area contributed by atoms with Crippen LogP contribution in [0, 0.1) is 6.92 Å². The van der Waals surface area contributed by atoms with Gasteiger partial charge in [-0.2, -0.15) is 0 Å². The normalized spacial score (nSPS) is 19.8. The minimum absolute atomic E-state index is 0.144. The SMILES string of the molecule is CCc1ccccc1N1C(=O)C2Cc3c([nH]c4ccccc34)C(c3cccc(C)c3)N2C1=O. The van der Waals surface area contributed by atoms with Crippen molar-refractivity contribution in [1.82, 2.24) is 9.88 Å². The van der Waals surface area contributed by atoms with Gasteiger partial charge in [-0.3, -0.25) is 9.69 Å². The van der Waals surface area contributed by atoms with E-state index in [9.17, 15) is 9.59 Å². The highest BCUT2D eigenvalue weighted by Gasteiger charge is 2.53. The van der Waals surface area contributed by atoms with Crippen molar-refractivity contribution in [3.05, 3.63) is 101 Å². The summed E-state index contributed by atoms with van der Waals surface area (Å²) >= 11 is 0. The molecular weight excluding hydrogens is 410 g/mol. The molecule has 0 radical (unpaired) electrons. The van der Waals surface area contributed by atoms with E-state index >= 15 is 0 Å². The number of nitrogens with one attached hydrogen (secondary N) is 1. The topological polar surface area (TPSA) is 56.4 Å². The first kappa shape index (κ1) is 19.8. The van der Waals surface area contributed by atoms with Crippen LogP contribution in [0.15, 0.2) is 72.8 Å². The van der Waals surface area contributed by atoms with Gasteiger partial charge in [0.25, 0.3) is 5.91 Å². The summed E-state index contributed by atoms with van der Waals surface area (Å²) < 4.78 is 0. The zero-order valence-corrected chi connectivity index (χ0v) is 18.7. The molecule has 1 fully saturated rings. The molecule has 1 N–H and O–H groups in total. The van der Waals surface area contributed by atoms with Crippen molar-refractivity contribution < 1.29 is 9.59 Å². The molecular formula is C28H25N3O2. The Morgan fingerprint density at radius 2 is 1.76 bits per heavy atom. The van der Waals surface area contributed by atoms with Gasteiger partial charge in [-0.05, 0) is 42.2 Å². The van der Waals surface area contributed by atoms with Crippen LogP contribution in [-0.4, -0.2) is 27.9 Å². The zero-order valence-electron chi connectivity index (χ0n) is 18.7. The highest BCUT2D eigenvalue weighted by molar-refractivity contribution is 6.22. The van der Waals surface area contributed by atoms with Crippen molar-refractivity contribution >= 4 is 28.5 Å². The van der Waals surface area contributed by atoms with Crippen molar-refractivity contribution in [3.8, 4) is 0 Å². The summed E-state index contributed by atoms with van der Waals surface area (Å²) in [7, 11) is 0. The Bertz CT molecular complexity index is 1420. The van der Waals surface area contributed by atoms with E-state index < -0.39 is 6.04 Å². The van der Waals surface area contributed by atoms with Gasteiger partial charge in [0, 0.05) is 23.0 Å². The van der Waals surface area contributed by atoms with Crippen molar-refractivity contribution in [3.63, 3.8) is 0 Å². The predicted molar refractivity (Wildman–Crippen MR) is 129 cm³/mol. The molecule has 164 valence electrons. The van der Waals surface area contributed by atoms with Gasteiger partial charge in [0.2, 0.25) is 0 Å². The van der Waals surface area contributed by atoms with Crippen LogP contribution in [0.3, 0.4) is 0 Å². The molecule has 4 aromatic rings. The maximum atomic E-state index is 13.9. The number of hydrogen-bond acceptors (Lipinski definition) is 2. The number of nitrogens with zero attached hydrogens (tertiary/aromatic N) is 2. The monoisotopic (exact) mass is 435 g/mol. The van der Waals surface area contributed by atoms with Gasteiger partial charge in [0.15, 0.2) is 0 Å². The highest BCUT2D eigenvalue weighted by Crippen LogP contribution is 2.45. The summed E-state index contributed by atoms with van der Waals surface area (Å²) in [5.41, 5.74) is 7.00. The number of rotatable bonds is 3. The largest absolute Gasteiger partial charge is 0.356 e. The highest BCUT2D eigenvalue weighted by atomic mass is 16.2. The lowest BCUT2D eigenvalue weighted by Crippen LogP contribution is -2.44. The van der Waals surface area contributed by atoms with Gasteiger partial charge in [-0.25, -0.2) is 9.69 Å². The minimum Gasteiger partial charge on any atom is -0.356 e. The molecule has 33 heavy (non-hydrogen) atoms. The Balaban J connectivity index is 1.56. The maximum Gasteiger partial charge on any atom is 0.332 e. The summed E-state index contributed by atoms with van der Waals surface area (Å²) in [5.74, 6) is -0.144. The minimum atomic E-state index is -0.528. The van der Waals surface area contributed by atoms with Crippen LogP contribution in [0.5, 0.6) is 0 Å². The van der Waals surface area contributed by atoms with E-state index in [-0.39, 0.29) is 18.0 Å². The third kappa shape index (κ3) is 2.85. The first-order valence-corrected chi connectivity index (χ1v) is 11.5. The molecule has 0 spiro atoms. The van der Waals surface area contributed by atoms with Crippen LogP contribution >= 0.6 is 0 Å². The number of anilines is 1. The van der Waals surface area contributed by atoms with E-state index in [1.54, 1.807) is 4.90 Å². The molecule has 1 saturated heterocycles. The number of carbonyl (C=O) groups excluding carboxylic acids is 2. The van der Waals surface area contributed by atoms with Crippen molar-refractivity contribution in [1.29, 1.82) is 0 Å². The van der Waals surface area contributed by atoms with E-state index in [0.717, 1.165) is 45.3 Å². The van der Waals surface area contributed by atoms with Crippen molar-refractivity contribution in [2.45, 2.75) is 38.8 Å². The van der Waals surface area contributed by atoms with Crippen LogP contribution in [0.2, 0.25) is 0 Å². The van der Waals surface area contributed by atoms with E-state index in [1.807, 2.05) is 49.4 Å². The van der Waals surface area contributed by atoms with Gasteiger partial charge >= 0.3 is 6.03 Å². The molecule has 5 nitrogen and oxygen atoms in total. The average molecular weight is 436 g/mol. The van der Waals surface area contributed by atoms with Crippen LogP contribution in [0.1, 0.15) is 40.9 Å². The number of fused-ring (bicyclic) bond motifs is 4. The average Bonchev–Trinajstić information content (AvgIpc) is 3.32. The standard InChI is InChI=1S/C28H25N3O2/c1-3-18-10-4-7-14-23(18)31-27(32)24-16-21-20-12-5-6-13-22(20)29-25(21)26(30(24)28(31)33)19-11-8-9-17(2)15-19/h4-15,24,26,29H,3,16H2,1-2H3. The van der Waals surface area contributed by atoms with Crippen molar-refractivity contribution in [2.75, 3.05) is 4.90 Å². The molecule has 2 unspecified atom stereocenters. The number of carbonyl (C=O) groups is 2. The predicted octanol–water partition coefficient (Wildman–Crippen LogP) is 5.52. The molecule has 2 aliphatic heterocycles. The second-order valence-corrected chi connectivity index (χ2v) is 8.95. The lowest BCUT2D eigenvalue weighted by Gasteiger charge is -2.36. The van der Waals surface area contributed by atoms with Crippen LogP contribution in [0.4, 0.5) is 10.5 Å². The summed E-state index contributed by atoms with van der Waals surface area (Å²) in [6, 6.07) is 23.0. The fourth-order valence-corrected chi connectivity index (χ4v) is 5.51. The molecule has 0 bridgehead atoms. The van der Waals surface area contributed by atoms with E-state index in [0.29, 0.717) is 12.1 Å². The van der Waals surface area contributed by atoms with E-state index in [2.05, 4.69) is 42.2 Å². The molecule has 3 aromatic carbocycles. The summed E-state index contributed by atoms with van der Waals surface area (Å²) in [6.07, 6.45) is 1.26. The summed E-state index contributed by atoms with van der Waals surface area (Å²) in [5, 5.41) is 1.12. The number of imide groups is 1. The number of amides is 3. The van der Waals surface area contributed by atoms with Gasteiger partial charge < -0.3 is 4.98 Å². The molecule has 2 aliphatic rings. The summed E-state index contributed by atoms with van der Waals surface area (Å²) in [4.78, 5) is 34.5. The fraction of sp³-hybridized carbons (Fsp3) is 0.214. The Hall–Kier alpha value is -3.86. The van der Waals surface area contributed by atoms with Gasteiger partial charge in [-0.1, -0.05) is 73.2 Å². The molecule has 3 amide bonds. The lowest BCUT2D eigenvalue weighted by molar-refractivity contribution is -0.120. The number of benzene rings is 3. The number of H-pyrrole nitrogens is 1. The number of hydrogen-bond donors (Lipinski definition) is 1. The smallest absolute Gasteiger partial charge is 0.332 e. The van der Waals surface area contributed by atoms with Gasteiger partial charge in [-0.15, -0.1) is 0 Å². The number of para-hydroxylation sites is 2. The molecule has 5 heteroatoms. The number of aromatic nitrogens is 1. The second-order valence-electron chi connectivity index (χ2n) is 8.95. The molecule has 2 atom stereocenters. The lowest BCUT2D eigenvalue weighted by atomic mass is 9.88. The number of urea groups is 1. The third-order valence-electron chi connectivity index (χ3n) is 7.02. The fourth-order valence-electron chi connectivity index (χ4n) is 5.51. The zero-order chi connectivity index (χ0) is 22.7. The van der Waals surface area contributed by atoms with Crippen LogP contribution in [-0.2, 0) is 17.6 Å². The number of aromatic amines is 1. The first-order chi connectivity index (χ1) is 16.1. The van der Waals surface area contributed by atoms with E-state index in [4.69, 9.17) is 0 Å². The van der Waals surface area contributed by atoms with Crippen LogP contribution in [0.25, 0.3) is 10.9 Å². The third-order valence-corrected chi connectivity index (χ3v) is 7.02. The van der Waals surface area contributed by atoms with Gasteiger partial charge in [0.1, 0.15) is 12.1 Å². The van der Waals surface area contributed by atoms with E-state index in [1.165, 1.54) is 4.90 Å². The first-order valence-electron chi connectivity index (χ1n) is 11.5. The Morgan fingerprint density at radius 3 is 2.58 bits per heavy atom. The summed E-state index contributed by atoms with van der Waals surface area (Å²) in [6.45, 7) is 4.10. The molecule has 6 rings (SSSR count). The second kappa shape index (κ2) is 7.34. The van der Waals surface area contributed by atoms with Gasteiger partial charge in [0.05, 0.1) is 5.69 Å². The van der Waals surface area contributed by atoms with Crippen molar-refractivity contribution in [2.24, 2.45) is 0 Å². The quantitative estimate of drug-likeness (QED) is 0.431. The molecule has 1 aromatic heterocycles. The maximum absolute atomic E-state index is 13.9. The molecule has 0 saturated carbocycles. The Kier molecular flexibility index (Phi) is 4.40. The molecule has 0 aliphatic carbocycles. The molecule has 3 heterocycles.